The van der Waals surface area contributed by atoms with E-state index in [4.69, 9.17) is 0 Å². The highest BCUT2D eigenvalue weighted by Gasteiger charge is 2.17. The van der Waals surface area contributed by atoms with Crippen molar-refractivity contribution in [1.82, 2.24) is 0 Å². The van der Waals surface area contributed by atoms with E-state index in [9.17, 15) is 9.90 Å². The fourth-order valence-electron chi connectivity index (χ4n) is 2.59. The highest BCUT2D eigenvalue weighted by Crippen LogP contribution is 2.11. The molecule has 0 atom stereocenters. The molecule has 0 aromatic heterocycles. The minimum atomic E-state index is -0.852. The lowest BCUT2D eigenvalue weighted by molar-refractivity contribution is -0.301. The van der Waals surface area contributed by atoms with Crippen molar-refractivity contribution in [2.75, 3.05) is 17.3 Å². The van der Waals surface area contributed by atoms with Crippen LogP contribution in [0.2, 0.25) is 0 Å². The minimum absolute atomic E-state index is 0.0690. The molecule has 0 saturated carbocycles. The van der Waals surface area contributed by atoms with Gasteiger partial charge in [-0.15, -0.1) is 0 Å². The molecule has 0 aromatic carbocycles. The topological polar surface area (TPSA) is 40.1 Å². The van der Waals surface area contributed by atoms with Crippen LogP contribution in [0.4, 0.5) is 0 Å². The zero-order chi connectivity index (χ0) is 15.8. The van der Waals surface area contributed by atoms with Gasteiger partial charge in [0, 0.05) is 0 Å². The fourth-order valence-corrected chi connectivity index (χ4v) is 4.64. The van der Waals surface area contributed by atoms with Crippen LogP contribution in [0.3, 0.4) is 0 Å². The number of hydrogen-bond acceptors (Lipinski definition) is 2. The summed E-state index contributed by atoms with van der Waals surface area (Å²) >= 11 is 0. The molecule has 0 amide bonds. The van der Waals surface area contributed by atoms with Crippen LogP contribution in [-0.2, 0) is 15.7 Å². The molecule has 0 aliphatic carbocycles. The predicted octanol–water partition coefficient (Wildman–Crippen LogP) is 4.08. The van der Waals surface area contributed by atoms with Gasteiger partial charge in [-0.2, -0.15) is 0 Å². The second-order valence-corrected chi connectivity index (χ2v) is 8.40. The number of carboxylic acid groups (broad SMARTS) is 1. The van der Waals surface area contributed by atoms with Crippen LogP contribution in [0.15, 0.2) is 0 Å². The predicted molar refractivity (Wildman–Crippen MR) is 93.7 cm³/mol. The van der Waals surface area contributed by atoms with Gasteiger partial charge in [0.05, 0.1) is 5.97 Å². The number of rotatable bonds is 16. The third kappa shape index (κ3) is 16.0. The Morgan fingerprint density at radius 3 is 1.48 bits per heavy atom. The largest absolute Gasteiger partial charge is 0.545 e. The quantitative estimate of drug-likeness (QED) is 0.318. The Labute approximate surface area is 135 Å². The third-order valence-corrected chi connectivity index (χ3v) is 6.27. The number of hydrogen-bond donors (Lipinski definition) is 0. The van der Waals surface area contributed by atoms with Crippen molar-refractivity contribution in [2.24, 2.45) is 0 Å². The van der Waals surface area contributed by atoms with Crippen molar-refractivity contribution in [2.45, 2.75) is 90.9 Å². The van der Waals surface area contributed by atoms with Gasteiger partial charge in [0.15, 0.2) is 0 Å². The van der Waals surface area contributed by atoms with Gasteiger partial charge in [0.1, 0.15) is 17.3 Å². The number of carbonyl (C=O) groups excluding carboxylic acids is 1. The summed E-state index contributed by atoms with van der Waals surface area (Å²) in [5.74, 6) is 1.66. The zero-order valence-electron chi connectivity index (χ0n) is 14.3. The van der Waals surface area contributed by atoms with Crippen LogP contribution in [0, 0.1) is 0 Å². The van der Waals surface area contributed by atoms with E-state index in [1.165, 1.54) is 77.0 Å². The van der Waals surface area contributed by atoms with Crippen LogP contribution in [0.25, 0.3) is 0 Å². The van der Waals surface area contributed by atoms with Crippen molar-refractivity contribution >= 4 is 16.9 Å². The first-order valence-corrected chi connectivity index (χ1v) is 10.8. The van der Waals surface area contributed by atoms with E-state index in [1.54, 1.807) is 0 Å². The van der Waals surface area contributed by atoms with E-state index in [0.29, 0.717) is 5.75 Å². The fraction of sp³-hybridized carbons (Fsp3) is 0.944. The molecule has 21 heavy (non-hydrogen) atoms. The molecule has 0 aliphatic heterocycles. The molecular formula is C18H36O2S. The Morgan fingerprint density at radius 1 is 0.714 bits per heavy atom. The molecule has 0 bridgehead atoms. The monoisotopic (exact) mass is 316 g/mol. The first-order chi connectivity index (χ1) is 10.2. The minimum Gasteiger partial charge on any atom is -0.545 e. The average molecular weight is 317 g/mol. The standard InChI is InChI=1S/C18H36O2S/c1-3-5-7-9-11-13-15-21(17-18(19)20)16-14-12-10-8-6-4-2/h3-17H2,1-2H3. The highest BCUT2D eigenvalue weighted by atomic mass is 32.2. The van der Waals surface area contributed by atoms with Gasteiger partial charge in [-0.1, -0.05) is 65.2 Å². The van der Waals surface area contributed by atoms with Crippen LogP contribution in [0.1, 0.15) is 90.9 Å². The molecule has 0 unspecified atom stereocenters. The first-order valence-electron chi connectivity index (χ1n) is 9.04. The van der Waals surface area contributed by atoms with Crippen molar-refractivity contribution < 1.29 is 9.90 Å². The number of aliphatic carboxylic acids is 1. The van der Waals surface area contributed by atoms with Crippen LogP contribution in [-0.4, -0.2) is 23.2 Å². The lowest BCUT2D eigenvalue weighted by Gasteiger charge is -2.10. The maximum atomic E-state index is 10.9. The summed E-state index contributed by atoms with van der Waals surface area (Å²) in [5, 5.41) is 10.9. The Kier molecular flexibility index (Phi) is 16.1. The van der Waals surface area contributed by atoms with Gasteiger partial charge in [-0.25, -0.2) is 0 Å². The summed E-state index contributed by atoms with van der Waals surface area (Å²) in [6.07, 6.45) is 15.5. The van der Waals surface area contributed by atoms with Gasteiger partial charge >= 0.3 is 0 Å². The summed E-state index contributed by atoms with van der Waals surface area (Å²) in [4.78, 5) is 10.9. The van der Waals surface area contributed by atoms with E-state index in [0.717, 1.165) is 11.5 Å². The van der Waals surface area contributed by atoms with Crippen molar-refractivity contribution in [3.05, 3.63) is 0 Å². The first kappa shape index (κ1) is 20.8. The lowest BCUT2D eigenvalue weighted by atomic mass is 10.1. The Bertz CT molecular complexity index is 215. The molecule has 126 valence electrons. The molecule has 0 rings (SSSR count). The molecular weight excluding hydrogens is 280 g/mol. The molecule has 2 nitrogen and oxygen atoms in total. The number of carboxylic acids is 1. The molecule has 0 fully saturated rings. The van der Waals surface area contributed by atoms with E-state index >= 15 is 0 Å². The van der Waals surface area contributed by atoms with Crippen molar-refractivity contribution in [1.29, 1.82) is 0 Å². The zero-order valence-corrected chi connectivity index (χ0v) is 15.1. The molecule has 0 spiro atoms. The Morgan fingerprint density at radius 2 is 1.10 bits per heavy atom. The second kappa shape index (κ2) is 16.2. The Hall–Kier alpha value is -0.180. The van der Waals surface area contributed by atoms with Crippen LogP contribution >= 0.6 is 0 Å². The second-order valence-electron chi connectivity index (χ2n) is 6.07. The van der Waals surface area contributed by atoms with Crippen molar-refractivity contribution in [3.8, 4) is 0 Å². The SMILES string of the molecule is CCCCCCCC[S+](CCCCCCCC)CC(=O)[O-]. The van der Waals surface area contributed by atoms with E-state index in [2.05, 4.69) is 13.8 Å². The van der Waals surface area contributed by atoms with E-state index < -0.39 is 5.97 Å². The average Bonchev–Trinajstić information content (AvgIpc) is 2.45. The molecule has 0 radical (unpaired) electrons. The molecule has 0 saturated heterocycles. The van der Waals surface area contributed by atoms with Crippen LogP contribution < -0.4 is 5.11 Å². The van der Waals surface area contributed by atoms with E-state index in [1.807, 2.05) is 0 Å². The lowest BCUT2D eigenvalue weighted by Crippen LogP contribution is -2.33. The normalized spacial score (nSPS) is 11.2. The van der Waals surface area contributed by atoms with E-state index in [-0.39, 0.29) is 10.9 Å². The molecule has 0 aliphatic rings. The molecule has 0 heterocycles. The maximum absolute atomic E-state index is 10.9. The summed E-state index contributed by atoms with van der Waals surface area (Å²) in [6.45, 7) is 4.47. The summed E-state index contributed by atoms with van der Waals surface area (Å²) in [7, 11) is 0.0690. The number of carbonyl (C=O) groups is 1. The van der Waals surface area contributed by atoms with Gasteiger partial charge in [-0.3, -0.25) is 0 Å². The van der Waals surface area contributed by atoms with Gasteiger partial charge in [-0.05, 0) is 36.6 Å². The summed E-state index contributed by atoms with van der Waals surface area (Å²) in [5.41, 5.74) is 0. The number of unbranched alkanes of at least 4 members (excludes halogenated alkanes) is 10. The third-order valence-electron chi connectivity index (χ3n) is 3.90. The molecule has 0 N–H and O–H groups in total. The molecule has 0 aromatic rings. The van der Waals surface area contributed by atoms with Gasteiger partial charge in [0.2, 0.25) is 0 Å². The smallest absolute Gasteiger partial charge is 0.147 e. The van der Waals surface area contributed by atoms with Gasteiger partial charge < -0.3 is 9.90 Å². The maximum Gasteiger partial charge on any atom is 0.147 e. The Balaban J connectivity index is 3.64. The highest BCUT2D eigenvalue weighted by molar-refractivity contribution is 7.97. The van der Waals surface area contributed by atoms with Crippen LogP contribution in [0.5, 0.6) is 0 Å². The summed E-state index contributed by atoms with van der Waals surface area (Å²) < 4.78 is 0. The van der Waals surface area contributed by atoms with Crippen molar-refractivity contribution in [3.63, 3.8) is 0 Å². The van der Waals surface area contributed by atoms with Gasteiger partial charge in [0.25, 0.3) is 0 Å². The summed E-state index contributed by atoms with van der Waals surface area (Å²) in [6, 6.07) is 0. The molecule has 3 heteroatoms.